The van der Waals surface area contributed by atoms with Gasteiger partial charge in [0.1, 0.15) is 11.0 Å². The van der Waals surface area contributed by atoms with E-state index in [0.717, 1.165) is 24.8 Å². The molecule has 1 aromatic carbocycles. The summed E-state index contributed by atoms with van der Waals surface area (Å²) < 4.78 is 0. The summed E-state index contributed by atoms with van der Waals surface area (Å²) >= 11 is 1.50. The van der Waals surface area contributed by atoms with Gasteiger partial charge in [-0.25, -0.2) is 0 Å². The second-order valence-electron chi connectivity index (χ2n) is 7.09. The highest BCUT2D eigenvalue weighted by molar-refractivity contribution is 7.17. The number of carbonyl (C=O) groups is 2. The second kappa shape index (κ2) is 8.01. The highest BCUT2D eigenvalue weighted by Crippen LogP contribution is 2.38. The van der Waals surface area contributed by atoms with Gasteiger partial charge in [-0.05, 0) is 24.8 Å². The Morgan fingerprint density at radius 3 is 2.62 bits per heavy atom. The molecule has 0 aliphatic heterocycles. The maximum absolute atomic E-state index is 12.5. The third-order valence-corrected chi connectivity index (χ3v) is 6.09. The minimum Gasteiger partial charge on any atom is -0.365 e. The number of fused-ring (bicyclic) bond motifs is 1. The van der Waals surface area contributed by atoms with Crippen molar-refractivity contribution in [3.05, 3.63) is 51.9 Å². The van der Waals surface area contributed by atoms with Gasteiger partial charge < -0.3 is 16.4 Å². The van der Waals surface area contributed by atoms with Gasteiger partial charge in [0, 0.05) is 16.4 Å². The number of carbonyl (C=O) groups excluding carboxylic acids is 2. The van der Waals surface area contributed by atoms with Crippen LogP contribution in [0.25, 0.3) is 0 Å². The van der Waals surface area contributed by atoms with E-state index in [1.807, 2.05) is 18.2 Å². The van der Waals surface area contributed by atoms with Gasteiger partial charge in [0.15, 0.2) is 6.54 Å². The van der Waals surface area contributed by atoms with Crippen LogP contribution in [0.5, 0.6) is 0 Å². The van der Waals surface area contributed by atoms with Crippen LogP contribution in [0.1, 0.15) is 52.7 Å². The summed E-state index contributed by atoms with van der Waals surface area (Å²) in [7, 11) is 0. The van der Waals surface area contributed by atoms with E-state index in [1.165, 1.54) is 21.8 Å². The van der Waals surface area contributed by atoms with Gasteiger partial charge in [0.05, 0.1) is 5.56 Å². The summed E-state index contributed by atoms with van der Waals surface area (Å²) in [4.78, 5) is 25.5. The zero-order valence-electron chi connectivity index (χ0n) is 15.2. The fraction of sp³-hybridized carbons (Fsp3) is 0.400. The van der Waals surface area contributed by atoms with Crippen molar-refractivity contribution in [2.24, 2.45) is 11.7 Å². The molecule has 0 radical (unpaired) electrons. The first kappa shape index (κ1) is 18.6. The Labute approximate surface area is 158 Å². The molecule has 5 N–H and O–H groups in total. The van der Waals surface area contributed by atoms with Crippen LogP contribution in [0, 0.1) is 5.92 Å². The number of benzene rings is 1. The molecule has 1 aliphatic carbocycles. The molecular formula is C20H26N3O2S+. The second-order valence-corrected chi connectivity index (χ2v) is 8.20. The molecule has 0 spiro atoms. The molecule has 0 unspecified atom stereocenters. The summed E-state index contributed by atoms with van der Waals surface area (Å²) in [5.41, 5.74) is 8.31. The zero-order valence-corrected chi connectivity index (χ0v) is 16.1. The molecule has 1 heterocycles. The van der Waals surface area contributed by atoms with Crippen molar-refractivity contribution in [2.45, 2.75) is 39.2 Å². The molecule has 2 aromatic rings. The number of thiophene rings is 1. The van der Waals surface area contributed by atoms with Crippen molar-refractivity contribution >= 4 is 28.2 Å². The summed E-state index contributed by atoms with van der Waals surface area (Å²) in [5.74, 6) is -0.154. The van der Waals surface area contributed by atoms with Crippen molar-refractivity contribution in [1.29, 1.82) is 0 Å². The van der Waals surface area contributed by atoms with Gasteiger partial charge in [0.2, 0.25) is 0 Å². The number of rotatable bonds is 7. The van der Waals surface area contributed by atoms with Crippen molar-refractivity contribution in [1.82, 2.24) is 0 Å². The molecule has 0 saturated heterocycles. The van der Waals surface area contributed by atoms with Gasteiger partial charge in [-0.1, -0.05) is 44.2 Å². The van der Waals surface area contributed by atoms with E-state index in [9.17, 15) is 9.59 Å². The van der Waals surface area contributed by atoms with E-state index in [2.05, 4.69) is 36.6 Å². The Balaban J connectivity index is 1.67. The topological polar surface area (TPSA) is 88.8 Å². The molecule has 5 nitrogen and oxygen atoms in total. The van der Waals surface area contributed by atoms with Crippen LogP contribution in [-0.2, 0) is 17.6 Å². The molecule has 6 heteroatoms. The van der Waals surface area contributed by atoms with E-state index in [1.54, 1.807) is 0 Å². The summed E-state index contributed by atoms with van der Waals surface area (Å²) in [6.07, 6.45) is 2.89. The van der Waals surface area contributed by atoms with E-state index < -0.39 is 5.91 Å². The Bertz CT molecular complexity index is 799. The number of anilines is 1. The van der Waals surface area contributed by atoms with Crippen molar-refractivity contribution in [2.75, 3.05) is 11.9 Å². The van der Waals surface area contributed by atoms with Crippen LogP contribution in [-0.4, -0.2) is 18.4 Å². The van der Waals surface area contributed by atoms with Gasteiger partial charge in [0.25, 0.3) is 11.8 Å². The average Bonchev–Trinajstić information content (AvgIpc) is 3.15. The highest BCUT2D eigenvalue weighted by Gasteiger charge is 2.27. The van der Waals surface area contributed by atoms with Crippen molar-refractivity contribution in [3.8, 4) is 0 Å². The van der Waals surface area contributed by atoms with Crippen LogP contribution < -0.4 is 16.4 Å². The molecule has 0 saturated carbocycles. The molecule has 0 bridgehead atoms. The smallest absolute Gasteiger partial charge is 0.280 e. The quantitative estimate of drug-likeness (QED) is 0.696. The lowest BCUT2D eigenvalue weighted by atomic mass is 9.96. The minimum atomic E-state index is -0.451. The first-order valence-corrected chi connectivity index (χ1v) is 9.91. The molecule has 2 amide bonds. The predicted octanol–water partition coefficient (Wildman–Crippen LogP) is 2.23. The maximum Gasteiger partial charge on any atom is 0.280 e. The minimum absolute atomic E-state index is 0.103. The van der Waals surface area contributed by atoms with Crippen molar-refractivity contribution < 1.29 is 14.9 Å². The fourth-order valence-electron chi connectivity index (χ4n) is 3.63. The van der Waals surface area contributed by atoms with Gasteiger partial charge in [-0.3, -0.25) is 9.59 Å². The Morgan fingerprint density at radius 2 is 1.96 bits per heavy atom. The SMILES string of the molecule is CC(C)[C@H]([NH2+]CC(=O)Nc1sc2c(c1C(N)=O)CCC2)c1ccccc1. The molecule has 26 heavy (non-hydrogen) atoms. The molecule has 1 aliphatic rings. The van der Waals surface area contributed by atoms with E-state index in [4.69, 9.17) is 5.73 Å². The standard InChI is InChI=1S/C20H25N3O2S/c1-12(2)18(13-7-4-3-5-8-13)22-11-16(24)23-20-17(19(21)25)14-9-6-10-15(14)26-20/h3-5,7-8,12,18,22H,6,9-11H2,1-2H3,(H2,21,25)(H,23,24)/p+1/t18-/m0/s1. The number of quaternary nitrogens is 1. The number of nitrogens with two attached hydrogens (primary N) is 2. The van der Waals surface area contributed by atoms with Gasteiger partial charge in [-0.2, -0.15) is 0 Å². The van der Waals surface area contributed by atoms with E-state index in [-0.39, 0.29) is 11.9 Å². The van der Waals surface area contributed by atoms with E-state index in [0.29, 0.717) is 23.0 Å². The van der Waals surface area contributed by atoms with Crippen LogP contribution in [0.4, 0.5) is 5.00 Å². The van der Waals surface area contributed by atoms with Gasteiger partial charge in [-0.15, -0.1) is 11.3 Å². The number of hydrogen-bond acceptors (Lipinski definition) is 3. The summed E-state index contributed by atoms with van der Waals surface area (Å²) in [6, 6.07) is 10.4. The first-order valence-electron chi connectivity index (χ1n) is 9.09. The highest BCUT2D eigenvalue weighted by atomic mass is 32.1. The number of nitrogens with one attached hydrogen (secondary N) is 1. The van der Waals surface area contributed by atoms with Crippen LogP contribution in [0.15, 0.2) is 30.3 Å². The zero-order chi connectivity index (χ0) is 18.7. The molecule has 0 fully saturated rings. The normalized spacial score (nSPS) is 14.3. The predicted molar refractivity (Wildman–Crippen MR) is 104 cm³/mol. The molecule has 3 rings (SSSR count). The number of aryl methyl sites for hydroxylation is 1. The van der Waals surface area contributed by atoms with Crippen molar-refractivity contribution in [3.63, 3.8) is 0 Å². The average molecular weight is 373 g/mol. The lowest BCUT2D eigenvalue weighted by Gasteiger charge is -2.19. The Hall–Kier alpha value is -2.18. The largest absolute Gasteiger partial charge is 0.365 e. The number of amides is 2. The lowest BCUT2D eigenvalue weighted by molar-refractivity contribution is -0.692. The van der Waals surface area contributed by atoms with Gasteiger partial charge >= 0.3 is 0 Å². The lowest BCUT2D eigenvalue weighted by Crippen LogP contribution is -2.88. The summed E-state index contributed by atoms with van der Waals surface area (Å²) in [5, 5.41) is 5.58. The van der Waals surface area contributed by atoms with E-state index >= 15 is 0 Å². The molecule has 1 atom stereocenters. The molecule has 138 valence electrons. The monoisotopic (exact) mass is 372 g/mol. The molecule has 1 aromatic heterocycles. The molecular weight excluding hydrogens is 346 g/mol. The van der Waals surface area contributed by atoms with Crippen LogP contribution in [0.2, 0.25) is 0 Å². The third kappa shape index (κ3) is 3.97. The first-order chi connectivity index (χ1) is 12.5. The number of hydrogen-bond donors (Lipinski definition) is 3. The Kier molecular flexibility index (Phi) is 5.74. The third-order valence-electron chi connectivity index (χ3n) is 4.88. The number of primary amides is 1. The Morgan fingerprint density at radius 1 is 1.23 bits per heavy atom. The van der Waals surface area contributed by atoms with Crippen LogP contribution in [0.3, 0.4) is 0 Å². The summed E-state index contributed by atoms with van der Waals surface area (Å²) in [6.45, 7) is 4.61. The fourth-order valence-corrected chi connectivity index (χ4v) is 4.94. The maximum atomic E-state index is 12.5. The van der Waals surface area contributed by atoms with Crippen LogP contribution >= 0.6 is 11.3 Å².